The van der Waals surface area contributed by atoms with E-state index in [0.717, 1.165) is 54.7 Å². The smallest absolute Gasteiger partial charge is 0.229 e. The molecule has 27 heavy (non-hydrogen) atoms. The summed E-state index contributed by atoms with van der Waals surface area (Å²) < 4.78 is 0. The second-order valence-electron chi connectivity index (χ2n) is 7.82. The van der Waals surface area contributed by atoms with Crippen molar-refractivity contribution in [3.05, 3.63) is 36.0 Å². The van der Waals surface area contributed by atoms with Gasteiger partial charge >= 0.3 is 0 Å². The summed E-state index contributed by atoms with van der Waals surface area (Å²) in [5, 5.41) is 7.05. The van der Waals surface area contributed by atoms with Crippen LogP contribution in [0.2, 0.25) is 0 Å². The molecule has 0 amide bonds. The van der Waals surface area contributed by atoms with Crippen LogP contribution < -0.4 is 21.3 Å². The number of aromatic nitrogens is 2. The molecule has 0 spiro atoms. The average Bonchev–Trinajstić information content (AvgIpc) is 3.36. The Morgan fingerprint density at radius 1 is 1.19 bits per heavy atom. The first-order valence-corrected chi connectivity index (χ1v) is 10.2. The SMILES string of the molecule is CCCc1cc(N2CCC(NCC3CC3)C2)nc(Nc2cccc(N)c2)n1. The first-order valence-electron chi connectivity index (χ1n) is 10.2. The summed E-state index contributed by atoms with van der Waals surface area (Å²) in [4.78, 5) is 11.9. The van der Waals surface area contributed by atoms with E-state index >= 15 is 0 Å². The number of anilines is 4. The van der Waals surface area contributed by atoms with E-state index in [-0.39, 0.29) is 0 Å². The number of aryl methyl sites for hydroxylation is 1. The number of benzene rings is 1. The van der Waals surface area contributed by atoms with Gasteiger partial charge in [0, 0.05) is 42.3 Å². The van der Waals surface area contributed by atoms with Gasteiger partial charge in [-0.1, -0.05) is 19.4 Å². The third-order valence-electron chi connectivity index (χ3n) is 5.32. The predicted octanol–water partition coefficient (Wildman–Crippen LogP) is 3.33. The van der Waals surface area contributed by atoms with Crippen molar-refractivity contribution in [2.24, 2.45) is 5.92 Å². The number of nitrogens with two attached hydrogens (primary N) is 1. The van der Waals surface area contributed by atoms with E-state index in [9.17, 15) is 0 Å². The summed E-state index contributed by atoms with van der Waals surface area (Å²) in [5.74, 6) is 2.59. The first kappa shape index (κ1) is 18.0. The minimum atomic E-state index is 0.570. The van der Waals surface area contributed by atoms with Crippen molar-refractivity contribution in [1.82, 2.24) is 15.3 Å². The van der Waals surface area contributed by atoms with Crippen molar-refractivity contribution in [3.63, 3.8) is 0 Å². The van der Waals surface area contributed by atoms with Crippen LogP contribution in [0.4, 0.5) is 23.1 Å². The Kier molecular flexibility index (Phi) is 5.43. The molecule has 1 saturated heterocycles. The summed E-state index contributed by atoms with van der Waals surface area (Å²) in [7, 11) is 0. The molecule has 6 nitrogen and oxygen atoms in total. The number of hydrogen-bond acceptors (Lipinski definition) is 6. The van der Waals surface area contributed by atoms with Gasteiger partial charge in [0.15, 0.2) is 0 Å². The van der Waals surface area contributed by atoms with E-state index in [2.05, 4.69) is 28.5 Å². The fourth-order valence-corrected chi connectivity index (χ4v) is 3.62. The Morgan fingerprint density at radius 2 is 2.07 bits per heavy atom. The van der Waals surface area contributed by atoms with Crippen LogP contribution in [0, 0.1) is 5.92 Å². The molecule has 1 aliphatic carbocycles. The molecule has 1 unspecified atom stereocenters. The number of nitrogen functional groups attached to an aromatic ring is 1. The fourth-order valence-electron chi connectivity index (χ4n) is 3.62. The van der Waals surface area contributed by atoms with E-state index in [1.54, 1.807) is 0 Å². The van der Waals surface area contributed by atoms with Crippen LogP contribution >= 0.6 is 0 Å². The molecule has 144 valence electrons. The third-order valence-corrected chi connectivity index (χ3v) is 5.32. The van der Waals surface area contributed by atoms with Gasteiger partial charge in [0.05, 0.1) is 0 Å². The molecular formula is C21H30N6. The number of hydrogen-bond donors (Lipinski definition) is 3. The van der Waals surface area contributed by atoms with Crippen LogP contribution in [0.1, 0.15) is 38.3 Å². The van der Waals surface area contributed by atoms with Gasteiger partial charge < -0.3 is 21.3 Å². The van der Waals surface area contributed by atoms with Gasteiger partial charge in [-0.2, -0.15) is 4.98 Å². The minimum absolute atomic E-state index is 0.570. The third kappa shape index (κ3) is 4.89. The second kappa shape index (κ2) is 8.13. The molecule has 2 heterocycles. The Labute approximate surface area is 161 Å². The maximum atomic E-state index is 5.89. The normalized spacial score (nSPS) is 19.4. The van der Waals surface area contributed by atoms with Gasteiger partial charge in [-0.25, -0.2) is 4.98 Å². The lowest BCUT2D eigenvalue weighted by Crippen LogP contribution is -2.34. The number of rotatable bonds is 8. The van der Waals surface area contributed by atoms with Crippen molar-refractivity contribution in [3.8, 4) is 0 Å². The molecule has 1 aliphatic heterocycles. The summed E-state index contributed by atoms with van der Waals surface area (Å²) in [5.41, 5.74) is 8.63. The highest BCUT2D eigenvalue weighted by atomic mass is 15.3. The minimum Gasteiger partial charge on any atom is -0.399 e. The fraction of sp³-hybridized carbons (Fsp3) is 0.524. The lowest BCUT2D eigenvalue weighted by atomic mass is 10.2. The molecule has 4 N–H and O–H groups in total. The van der Waals surface area contributed by atoms with Gasteiger partial charge in [0.2, 0.25) is 5.95 Å². The zero-order valence-electron chi connectivity index (χ0n) is 16.1. The Morgan fingerprint density at radius 3 is 2.85 bits per heavy atom. The van der Waals surface area contributed by atoms with Crippen LogP contribution in [-0.2, 0) is 6.42 Å². The van der Waals surface area contributed by atoms with Crippen LogP contribution in [0.15, 0.2) is 30.3 Å². The predicted molar refractivity (Wildman–Crippen MR) is 112 cm³/mol. The quantitative estimate of drug-likeness (QED) is 0.622. The van der Waals surface area contributed by atoms with Crippen LogP contribution in [0.3, 0.4) is 0 Å². The lowest BCUT2D eigenvalue weighted by Gasteiger charge is -2.20. The largest absolute Gasteiger partial charge is 0.399 e. The second-order valence-corrected chi connectivity index (χ2v) is 7.82. The van der Waals surface area contributed by atoms with Crippen molar-refractivity contribution >= 4 is 23.1 Å². The molecule has 4 rings (SSSR count). The van der Waals surface area contributed by atoms with Crippen LogP contribution in [-0.4, -0.2) is 35.6 Å². The maximum Gasteiger partial charge on any atom is 0.229 e. The maximum absolute atomic E-state index is 5.89. The van der Waals surface area contributed by atoms with Crippen molar-refractivity contribution in [2.75, 3.05) is 35.6 Å². The summed E-state index contributed by atoms with van der Waals surface area (Å²) >= 11 is 0. The van der Waals surface area contributed by atoms with Crippen molar-refractivity contribution < 1.29 is 0 Å². The molecule has 0 radical (unpaired) electrons. The van der Waals surface area contributed by atoms with Gasteiger partial charge in [-0.3, -0.25) is 0 Å². The number of nitrogens with one attached hydrogen (secondary N) is 2. The zero-order valence-corrected chi connectivity index (χ0v) is 16.1. The molecule has 2 aromatic rings. The van der Waals surface area contributed by atoms with Crippen LogP contribution in [0.5, 0.6) is 0 Å². The zero-order chi connectivity index (χ0) is 18.6. The average molecular weight is 367 g/mol. The standard InChI is InChI=1S/C21H30N6/c1-2-4-17-12-20(27-10-9-19(14-27)23-13-15-7-8-15)26-21(24-17)25-18-6-3-5-16(22)11-18/h3,5-6,11-12,15,19,23H,2,4,7-10,13-14,22H2,1H3,(H,24,25,26). The topological polar surface area (TPSA) is 79.1 Å². The van der Waals surface area contributed by atoms with Crippen molar-refractivity contribution in [1.29, 1.82) is 0 Å². The van der Waals surface area contributed by atoms with E-state index in [0.29, 0.717) is 12.0 Å². The number of nitrogens with zero attached hydrogens (tertiary/aromatic N) is 3. The van der Waals surface area contributed by atoms with Gasteiger partial charge in [-0.05, 0) is 56.3 Å². The van der Waals surface area contributed by atoms with E-state index in [1.807, 2.05) is 24.3 Å². The summed E-state index contributed by atoms with van der Waals surface area (Å²) in [6.07, 6.45) is 6.00. The Balaban J connectivity index is 1.48. The molecule has 1 aromatic carbocycles. The van der Waals surface area contributed by atoms with Gasteiger partial charge in [-0.15, -0.1) is 0 Å². The highest BCUT2D eigenvalue weighted by Crippen LogP contribution is 2.28. The molecule has 1 atom stereocenters. The summed E-state index contributed by atoms with van der Waals surface area (Å²) in [6, 6.07) is 10.4. The Hall–Kier alpha value is -2.34. The molecule has 0 bridgehead atoms. The van der Waals surface area contributed by atoms with E-state index in [4.69, 9.17) is 15.7 Å². The highest BCUT2D eigenvalue weighted by Gasteiger charge is 2.27. The lowest BCUT2D eigenvalue weighted by molar-refractivity contribution is 0.530. The van der Waals surface area contributed by atoms with Crippen LogP contribution in [0.25, 0.3) is 0 Å². The van der Waals surface area contributed by atoms with E-state index < -0.39 is 0 Å². The first-order chi connectivity index (χ1) is 13.2. The molecule has 6 heteroatoms. The molecule has 2 aliphatic rings. The molecular weight excluding hydrogens is 336 g/mol. The summed E-state index contributed by atoms with van der Waals surface area (Å²) in [6.45, 7) is 5.42. The molecule has 2 fully saturated rings. The monoisotopic (exact) mass is 366 g/mol. The molecule has 1 aromatic heterocycles. The van der Waals surface area contributed by atoms with E-state index in [1.165, 1.54) is 25.8 Å². The van der Waals surface area contributed by atoms with Gasteiger partial charge in [0.25, 0.3) is 0 Å². The molecule has 1 saturated carbocycles. The van der Waals surface area contributed by atoms with Crippen molar-refractivity contribution in [2.45, 2.75) is 45.1 Å². The van der Waals surface area contributed by atoms with Gasteiger partial charge in [0.1, 0.15) is 5.82 Å². The Bertz CT molecular complexity index is 773. The highest BCUT2D eigenvalue weighted by molar-refractivity contribution is 5.60.